The number of carbonyl (C=O) groups excluding carboxylic acids is 1. The molecule has 4 radical (unpaired) electrons. The molecule has 2 fully saturated rings. The average molecular weight is 363 g/mol. The Kier molecular flexibility index (Phi) is 5.91. The molecular formula is C10H16N2O3SSn. The van der Waals surface area contributed by atoms with Gasteiger partial charge in [0, 0.05) is 41.3 Å². The molecule has 0 spiro atoms. The second-order valence-electron chi connectivity index (χ2n) is 4.26. The van der Waals surface area contributed by atoms with E-state index in [2.05, 4.69) is 10.6 Å². The quantitative estimate of drug-likeness (QED) is 0.376. The van der Waals surface area contributed by atoms with Gasteiger partial charge in [0.25, 0.3) is 0 Å². The molecule has 0 aromatic carbocycles. The number of fused-ring (bicyclic) bond motifs is 1. The summed E-state index contributed by atoms with van der Waals surface area (Å²) < 4.78 is 0. The van der Waals surface area contributed by atoms with Gasteiger partial charge in [-0.05, 0) is 12.8 Å². The first-order valence-electron chi connectivity index (χ1n) is 5.57. The smallest absolute Gasteiger partial charge is 0.315 e. The number of carboxylic acid groups (broad SMARTS) is 1. The van der Waals surface area contributed by atoms with Crippen molar-refractivity contribution in [3.63, 3.8) is 0 Å². The van der Waals surface area contributed by atoms with Crippen LogP contribution in [-0.4, -0.2) is 64.1 Å². The third-order valence-corrected chi connectivity index (χ3v) is 4.58. The van der Waals surface area contributed by atoms with Gasteiger partial charge in [0.05, 0.1) is 12.1 Å². The minimum absolute atomic E-state index is 0. The van der Waals surface area contributed by atoms with Crippen molar-refractivity contribution >= 4 is 47.7 Å². The van der Waals surface area contributed by atoms with E-state index in [1.807, 2.05) is 11.8 Å². The molecule has 0 bridgehead atoms. The van der Waals surface area contributed by atoms with Crippen LogP contribution in [0.4, 0.5) is 4.79 Å². The molecule has 3 N–H and O–H groups in total. The van der Waals surface area contributed by atoms with Gasteiger partial charge in [-0.25, -0.2) is 4.79 Å². The van der Waals surface area contributed by atoms with Gasteiger partial charge >= 0.3 is 12.0 Å². The predicted molar refractivity (Wildman–Crippen MR) is 67.3 cm³/mol. The van der Waals surface area contributed by atoms with Crippen LogP contribution in [0.3, 0.4) is 0 Å². The van der Waals surface area contributed by atoms with Gasteiger partial charge in [0.2, 0.25) is 0 Å². The van der Waals surface area contributed by atoms with Crippen LogP contribution in [0.5, 0.6) is 0 Å². The third kappa shape index (κ3) is 3.94. The second kappa shape index (κ2) is 6.72. The maximum Gasteiger partial charge on any atom is 0.315 e. The molecule has 0 saturated carbocycles. The first-order chi connectivity index (χ1) is 7.66. The summed E-state index contributed by atoms with van der Waals surface area (Å²) in [4.78, 5) is 21.5. The number of thioether (sulfide) groups is 1. The Morgan fingerprint density at radius 3 is 2.88 bits per heavy atom. The van der Waals surface area contributed by atoms with E-state index < -0.39 is 5.97 Å². The SMILES string of the molecule is O=C(O)CCCC[C@@H]1SC[C@@H]2NC(=O)N[C@@H]21.[Sn]. The fraction of sp³-hybridized carbons (Fsp3) is 0.800. The minimum atomic E-state index is -0.729. The summed E-state index contributed by atoms with van der Waals surface area (Å²) in [6.45, 7) is 0. The van der Waals surface area contributed by atoms with Gasteiger partial charge in [-0.1, -0.05) is 6.42 Å². The van der Waals surface area contributed by atoms with Crippen molar-refractivity contribution < 1.29 is 14.7 Å². The van der Waals surface area contributed by atoms with Crippen LogP contribution in [-0.2, 0) is 4.79 Å². The summed E-state index contributed by atoms with van der Waals surface area (Å²) in [5, 5.41) is 14.8. The van der Waals surface area contributed by atoms with Gasteiger partial charge in [-0.2, -0.15) is 11.8 Å². The van der Waals surface area contributed by atoms with E-state index in [4.69, 9.17) is 5.11 Å². The molecule has 0 aromatic heterocycles. The molecule has 17 heavy (non-hydrogen) atoms. The molecule has 3 atom stereocenters. The summed E-state index contributed by atoms with van der Waals surface area (Å²) in [6.07, 6.45) is 2.88. The van der Waals surface area contributed by atoms with Gasteiger partial charge in [0.15, 0.2) is 0 Å². The molecule has 0 aromatic rings. The Balaban J connectivity index is 0.00000144. The van der Waals surface area contributed by atoms with Crippen molar-refractivity contribution in [2.24, 2.45) is 0 Å². The first-order valence-corrected chi connectivity index (χ1v) is 6.62. The number of urea groups is 1. The van der Waals surface area contributed by atoms with E-state index in [1.54, 1.807) is 0 Å². The Bertz CT molecular complexity index is 303. The van der Waals surface area contributed by atoms with Crippen LogP contribution in [0.25, 0.3) is 0 Å². The Morgan fingerprint density at radius 2 is 2.18 bits per heavy atom. The van der Waals surface area contributed by atoms with Crippen LogP contribution < -0.4 is 10.6 Å². The molecule has 2 amide bonds. The van der Waals surface area contributed by atoms with Crippen LogP contribution in [0.1, 0.15) is 25.7 Å². The van der Waals surface area contributed by atoms with Crippen LogP contribution >= 0.6 is 11.8 Å². The molecule has 2 heterocycles. The van der Waals surface area contributed by atoms with E-state index >= 15 is 0 Å². The predicted octanol–water partition coefficient (Wildman–Crippen LogP) is 0.416. The summed E-state index contributed by atoms with van der Waals surface area (Å²) in [5.41, 5.74) is 0. The minimum Gasteiger partial charge on any atom is -0.481 e. The molecule has 7 heteroatoms. The van der Waals surface area contributed by atoms with Gasteiger partial charge < -0.3 is 15.7 Å². The topological polar surface area (TPSA) is 78.4 Å². The standard InChI is InChI=1S/C10H16N2O3S.Sn/c13-8(14)4-2-1-3-7-9-6(5-16-7)11-10(15)12-9;/h6-7,9H,1-5H2,(H,13,14)(H2,11,12,15);/t6-,7-,9-;/m0./s1. The van der Waals surface area contributed by atoms with Crippen molar-refractivity contribution in [2.75, 3.05) is 5.75 Å². The largest absolute Gasteiger partial charge is 0.481 e. The number of nitrogens with one attached hydrogen (secondary N) is 2. The van der Waals surface area contributed by atoms with Crippen LogP contribution in [0.2, 0.25) is 0 Å². The van der Waals surface area contributed by atoms with Crippen molar-refractivity contribution in [2.45, 2.75) is 43.0 Å². The summed E-state index contributed by atoms with van der Waals surface area (Å²) in [7, 11) is 0. The summed E-state index contributed by atoms with van der Waals surface area (Å²) in [5.74, 6) is 0.236. The fourth-order valence-electron chi connectivity index (χ4n) is 2.26. The molecule has 94 valence electrons. The Morgan fingerprint density at radius 1 is 1.41 bits per heavy atom. The maximum absolute atomic E-state index is 11.1. The van der Waals surface area contributed by atoms with Crippen molar-refractivity contribution in [3.05, 3.63) is 0 Å². The molecule has 2 aliphatic rings. The number of hydrogen-bond donors (Lipinski definition) is 3. The summed E-state index contributed by atoms with van der Waals surface area (Å²) >= 11 is 1.87. The molecule has 2 aliphatic heterocycles. The molecule has 2 saturated heterocycles. The van der Waals surface area contributed by atoms with E-state index in [0.29, 0.717) is 5.25 Å². The van der Waals surface area contributed by atoms with E-state index in [0.717, 1.165) is 25.0 Å². The molecule has 2 rings (SSSR count). The van der Waals surface area contributed by atoms with Gasteiger partial charge in [0.1, 0.15) is 0 Å². The Hall–Kier alpha value is -0.111. The number of aliphatic carboxylic acids is 1. The molecule has 0 aliphatic carbocycles. The zero-order valence-corrected chi connectivity index (χ0v) is 13.1. The van der Waals surface area contributed by atoms with Gasteiger partial charge in [-0.3, -0.25) is 4.79 Å². The number of carboxylic acids is 1. The van der Waals surface area contributed by atoms with E-state index in [-0.39, 0.29) is 48.4 Å². The van der Waals surface area contributed by atoms with Crippen molar-refractivity contribution in [1.29, 1.82) is 0 Å². The molecule has 5 nitrogen and oxygen atoms in total. The van der Waals surface area contributed by atoms with Crippen molar-refractivity contribution in [1.82, 2.24) is 10.6 Å². The van der Waals surface area contributed by atoms with E-state index in [1.165, 1.54) is 0 Å². The number of rotatable bonds is 5. The number of hydrogen-bond acceptors (Lipinski definition) is 3. The number of unbranched alkanes of at least 4 members (excludes halogenated alkanes) is 1. The number of carbonyl (C=O) groups is 2. The second-order valence-corrected chi connectivity index (χ2v) is 5.53. The zero-order chi connectivity index (χ0) is 11.5. The van der Waals surface area contributed by atoms with Crippen LogP contribution in [0, 0.1) is 0 Å². The van der Waals surface area contributed by atoms with Crippen LogP contribution in [0.15, 0.2) is 0 Å². The fourth-order valence-corrected chi connectivity index (χ4v) is 3.81. The molecular weight excluding hydrogens is 347 g/mol. The average Bonchev–Trinajstić information content (AvgIpc) is 2.72. The van der Waals surface area contributed by atoms with Crippen molar-refractivity contribution in [3.8, 4) is 0 Å². The number of amides is 2. The first kappa shape index (κ1) is 14.9. The Labute approximate surface area is 121 Å². The molecule has 0 unspecified atom stereocenters. The maximum atomic E-state index is 11.1. The zero-order valence-electron chi connectivity index (χ0n) is 9.44. The monoisotopic (exact) mass is 364 g/mol. The normalized spacial score (nSPS) is 30.1. The summed E-state index contributed by atoms with van der Waals surface area (Å²) in [6, 6.07) is 0.440. The van der Waals surface area contributed by atoms with E-state index in [9.17, 15) is 9.59 Å². The third-order valence-electron chi connectivity index (χ3n) is 3.07. The van der Waals surface area contributed by atoms with Gasteiger partial charge in [-0.15, -0.1) is 0 Å².